The number of esters is 1. The fourth-order valence-corrected chi connectivity index (χ4v) is 8.38. The number of ether oxygens (including phenoxy) is 12. The average Bonchev–Trinajstić information content (AvgIpc) is 4.15. The Balaban J connectivity index is 0.706. The van der Waals surface area contributed by atoms with Crippen molar-refractivity contribution in [2.24, 2.45) is 11.6 Å². The summed E-state index contributed by atoms with van der Waals surface area (Å²) in [6.07, 6.45) is -3.16. The van der Waals surface area contributed by atoms with Gasteiger partial charge in [-0.2, -0.15) is 15.1 Å². The number of rotatable bonds is 39. The molecule has 2 aliphatic rings. The molecule has 2 aliphatic heterocycles. The van der Waals surface area contributed by atoms with Crippen LogP contribution in [0.25, 0.3) is 11.0 Å². The quantitative estimate of drug-likeness (QED) is 0.00708. The molecule has 2 aromatic carbocycles. The Morgan fingerprint density at radius 2 is 1.39 bits per heavy atom. The van der Waals surface area contributed by atoms with Crippen LogP contribution in [0.2, 0.25) is 5.28 Å². The first-order valence-corrected chi connectivity index (χ1v) is 27.6. The fraction of sp³-hybridized carbons (Fsp3) is 0.592. The largest absolute Gasteiger partial charge is 0.491 e. The van der Waals surface area contributed by atoms with Crippen LogP contribution in [-0.2, 0) is 56.7 Å². The van der Waals surface area contributed by atoms with Gasteiger partial charge in [0.05, 0.1) is 143 Å². The lowest BCUT2D eigenvalue weighted by atomic mass is 9.90. The Hall–Kier alpha value is -4.89. The number of nitrogens with two attached hydrogens (primary N) is 2. The van der Waals surface area contributed by atoms with Crippen molar-refractivity contribution in [3.05, 3.63) is 82.3 Å². The summed E-state index contributed by atoms with van der Waals surface area (Å²) in [5.74, 6) is 1.80. The van der Waals surface area contributed by atoms with E-state index < -0.39 is 67.7 Å². The number of hydrogen-bond donors (Lipinski definition) is 6. The highest BCUT2D eigenvalue weighted by Gasteiger charge is 2.45. The summed E-state index contributed by atoms with van der Waals surface area (Å²) < 4.78 is 118. The van der Waals surface area contributed by atoms with E-state index in [1.165, 1.54) is 15.9 Å². The van der Waals surface area contributed by atoms with Gasteiger partial charge in [-0.25, -0.2) is 23.7 Å². The third kappa shape index (κ3) is 21.1. The van der Waals surface area contributed by atoms with E-state index >= 15 is 0 Å². The van der Waals surface area contributed by atoms with Crippen molar-refractivity contribution in [2.75, 3.05) is 150 Å². The second kappa shape index (κ2) is 33.3. The zero-order valence-electron chi connectivity index (χ0n) is 44.0. The number of nitrogens with zero attached hydrogens (tertiary/aromatic N) is 6. The van der Waals surface area contributed by atoms with E-state index in [0.29, 0.717) is 135 Å². The van der Waals surface area contributed by atoms with Gasteiger partial charge < -0.3 is 92.5 Å². The van der Waals surface area contributed by atoms with Gasteiger partial charge in [-0.05, 0) is 35.7 Å². The number of fused-ring (bicyclic) bond motifs is 1. The molecule has 4 aromatic rings. The number of hydrazine groups is 1. The van der Waals surface area contributed by atoms with E-state index in [4.69, 9.17) is 85.1 Å². The number of carbonyl (C=O) groups is 1. The number of carbonyl (C=O) groups excluding carboxylic acids is 1. The van der Waals surface area contributed by atoms with Crippen LogP contribution in [0.3, 0.4) is 0 Å². The monoisotopic (exact) mass is 1180 g/mol. The highest BCUT2D eigenvalue weighted by atomic mass is 35.5. The van der Waals surface area contributed by atoms with E-state index in [1.807, 2.05) is 24.0 Å². The van der Waals surface area contributed by atoms with E-state index in [0.717, 1.165) is 16.9 Å². The molecule has 80 heavy (non-hydrogen) atoms. The topological polar surface area (TPSA) is 328 Å². The molecule has 0 bridgehead atoms. The van der Waals surface area contributed by atoms with Gasteiger partial charge in [0.15, 0.2) is 23.5 Å². The number of anilines is 1. The molecule has 0 unspecified atom stereocenters. The second-order valence-electron chi connectivity index (χ2n) is 18.0. The Kier molecular flexibility index (Phi) is 26.7. The highest BCUT2D eigenvalue weighted by Crippen LogP contribution is 2.39. The van der Waals surface area contributed by atoms with Gasteiger partial charge in [0.1, 0.15) is 48.7 Å². The normalized spacial score (nSPS) is 17.9. The highest BCUT2D eigenvalue weighted by molar-refractivity contribution is 7.51. The van der Waals surface area contributed by atoms with Crippen LogP contribution >= 0.6 is 19.2 Å². The van der Waals surface area contributed by atoms with Crippen molar-refractivity contribution in [1.29, 1.82) is 0 Å². The summed E-state index contributed by atoms with van der Waals surface area (Å²) in [6, 6.07) is 6.89. The Labute approximate surface area is 463 Å². The van der Waals surface area contributed by atoms with Gasteiger partial charge in [0.25, 0.3) is 0 Å². The van der Waals surface area contributed by atoms with E-state index in [9.17, 15) is 32.7 Å². The Morgan fingerprint density at radius 3 is 1.99 bits per heavy atom. The first-order chi connectivity index (χ1) is 38.5. The molecular formula is C49H69ClF3N8O18P. The molecule has 2 saturated heterocycles. The van der Waals surface area contributed by atoms with Crippen LogP contribution in [0.15, 0.2) is 48.4 Å². The molecule has 2 aromatic heterocycles. The molecule has 6 rings (SSSR count). The third-order valence-electron chi connectivity index (χ3n) is 11.8. The van der Waals surface area contributed by atoms with Gasteiger partial charge in [-0.3, -0.25) is 9.36 Å². The molecule has 4 atom stereocenters. The number of halogens is 4. The van der Waals surface area contributed by atoms with Gasteiger partial charge >= 0.3 is 13.6 Å². The summed E-state index contributed by atoms with van der Waals surface area (Å²) >= 11 is 6.35. The molecule has 2 fully saturated rings. The molecule has 4 heterocycles. The van der Waals surface area contributed by atoms with E-state index in [2.05, 4.69) is 25.9 Å². The van der Waals surface area contributed by atoms with Crippen LogP contribution in [0.1, 0.15) is 29.7 Å². The summed E-state index contributed by atoms with van der Waals surface area (Å²) in [7, 11) is -4.44. The number of aryl methyl sites for hydroxylation is 1. The smallest absolute Gasteiger partial charge is 0.350 e. The zero-order chi connectivity index (χ0) is 57.4. The van der Waals surface area contributed by atoms with Crippen molar-refractivity contribution < 1.29 is 99.4 Å². The molecular weight excluding hydrogens is 1110 g/mol. The molecule has 0 aliphatic carbocycles. The summed E-state index contributed by atoms with van der Waals surface area (Å²) in [5.41, 5.74) is 8.81. The average molecular weight is 1180 g/mol. The number of benzene rings is 2. The molecule has 0 saturated carbocycles. The van der Waals surface area contributed by atoms with Crippen molar-refractivity contribution in [2.45, 2.75) is 43.8 Å². The maximum absolute atomic E-state index is 13.6. The lowest BCUT2D eigenvalue weighted by Gasteiger charge is -2.40. The fourth-order valence-electron chi connectivity index (χ4n) is 7.87. The minimum Gasteiger partial charge on any atom is -0.491 e. The molecule has 0 amide bonds. The van der Waals surface area contributed by atoms with Crippen LogP contribution in [0.4, 0.5) is 19.0 Å². The molecule has 446 valence electrons. The van der Waals surface area contributed by atoms with Gasteiger partial charge in [-0.15, -0.1) is 0 Å². The van der Waals surface area contributed by atoms with E-state index in [1.54, 1.807) is 6.20 Å². The number of aromatic nitrogens is 4. The standard InChI is InChI=1S/C49H69ClF3N8O18P/c1-32-22-33(34-26-59(27-34)46-37-25-56-61(47(37)58-49(50)57-46)48-44(64)43(63)41(78-48)30-76-31-80(65,66)67)2-3-40(32)77-21-20-74-17-16-72-14-15-73-18-19-75-29-36(54)28-60(55)5-7-69-9-11-71-13-12-70-10-8-68-6-4-42(62)79-45-38(52)23-35(51)24-39(45)53/h2-3,22-25,28,34,41,43-44,48,63-64H,4-21,26-27,29-31,54-55H2,1H3,(H2,65,66,67)/b36-28-/t41-,43-,44-,48-/m1/s1. The second-order valence-corrected chi connectivity index (χ2v) is 20.0. The summed E-state index contributed by atoms with van der Waals surface area (Å²) in [5, 5.41) is 27.6. The minimum absolute atomic E-state index is 0.0526. The van der Waals surface area contributed by atoms with Crippen molar-refractivity contribution in [3.63, 3.8) is 0 Å². The Bertz CT molecular complexity index is 2600. The van der Waals surface area contributed by atoms with Gasteiger partial charge in [-0.1, -0.05) is 12.1 Å². The van der Waals surface area contributed by atoms with Gasteiger partial charge in [0.2, 0.25) is 11.0 Å². The summed E-state index contributed by atoms with van der Waals surface area (Å²) in [6.45, 7) is 8.35. The number of aliphatic hydroxyl groups is 2. The maximum atomic E-state index is 13.6. The van der Waals surface area contributed by atoms with Crippen LogP contribution in [0.5, 0.6) is 11.5 Å². The van der Waals surface area contributed by atoms with E-state index in [-0.39, 0.29) is 56.3 Å². The molecule has 31 heteroatoms. The van der Waals surface area contributed by atoms with Crippen molar-refractivity contribution in [3.8, 4) is 11.5 Å². The predicted molar refractivity (Wildman–Crippen MR) is 277 cm³/mol. The zero-order valence-corrected chi connectivity index (χ0v) is 45.6. The molecule has 0 spiro atoms. The third-order valence-corrected chi connectivity index (χ3v) is 12.5. The van der Waals surface area contributed by atoms with Crippen molar-refractivity contribution in [1.82, 2.24) is 24.8 Å². The van der Waals surface area contributed by atoms with Crippen molar-refractivity contribution >= 4 is 42.0 Å². The molecule has 8 N–H and O–H groups in total. The number of hydrogen-bond acceptors (Lipinski definition) is 23. The predicted octanol–water partition coefficient (Wildman–Crippen LogP) is 2.06. The number of aliphatic hydroxyl groups excluding tert-OH is 2. The minimum atomic E-state index is -4.44. The van der Waals surface area contributed by atoms with Crippen LogP contribution < -0.4 is 25.9 Å². The summed E-state index contributed by atoms with van der Waals surface area (Å²) in [4.78, 5) is 40.7. The SMILES string of the molecule is Cc1cc(C2CN(c3nc(Cl)nc4c3cnn4[C@@H]3O[C@H](COCP(=O)(O)O)[C@@H](O)[C@H]3O)C2)ccc1OCCOCCOCCOCCOC/C(N)=C/N(N)CCOCCOCCOCCOCCC(=O)Oc1c(F)cc(F)cc1F. The lowest BCUT2D eigenvalue weighted by molar-refractivity contribution is -0.136. The van der Waals surface area contributed by atoms with Gasteiger partial charge in [0, 0.05) is 37.3 Å². The maximum Gasteiger partial charge on any atom is 0.350 e. The molecule has 0 radical (unpaired) electrons. The molecule has 26 nitrogen and oxygen atoms in total. The first kappa shape index (κ1) is 64.3. The lowest BCUT2D eigenvalue weighted by Crippen LogP contribution is -2.45. The van der Waals surface area contributed by atoms with Crippen LogP contribution in [-0.4, -0.2) is 214 Å². The van der Waals surface area contributed by atoms with Crippen LogP contribution in [0, 0.1) is 24.4 Å². The first-order valence-electron chi connectivity index (χ1n) is 25.4. The Morgan fingerprint density at radius 1 is 0.812 bits per heavy atom.